The number of aliphatic hydroxyl groups excluding tert-OH is 1. The number of rotatable bonds is 4. The van der Waals surface area contributed by atoms with Crippen LogP contribution in [0.25, 0.3) is 0 Å². The molecule has 6 nitrogen and oxygen atoms in total. The number of aromatic nitrogens is 1. The van der Waals surface area contributed by atoms with Gasteiger partial charge in [0.1, 0.15) is 6.10 Å². The molecule has 1 aromatic carbocycles. The van der Waals surface area contributed by atoms with Gasteiger partial charge in [-0.25, -0.2) is 0 Å². The molecule has 1 N–H and O–H groups in total. The maximum Gasteiger partial charge on any atom is 0.256 e. The molecule has 162 valence electrons. The molecule has 30 heavy (non-hydrogen) atoms. The molecule has 4 rings (SSSR count). The van der Waals surface area contributed by atoms with Crippen molar-refractivity contribution in [2.24, 2.45) is 7.05 Å². The van der Waals surface area contributed by atoms with Crippen LogP contribution in [-0.2, 0) is 7.05 Å². The number of hydrogen-bond acceptors (Lipinski definition) is 4. The average molecular weight is 431 g/mol. The molecule has 1 fully saturated rings. The number of aryl methyl sites for hydroxylation is 2. The lowest BCUT2D eigenvalue weighted by Crippen LogP contribution is -2.55. The Morgan fingerprint density at radius 3 is 2.43 bits per heavy atom. The lowest BCUT2D eigenvalue weighted by atomic mass is 10.0. The number of carbonyl (C=O) groups excluding carboxylic acids is 1. The number of amides is 1. The first-order valence-electron chi connectivity index (χ1n) is 10.8. The highest BCUT2D eigenvalue weighted by atomic mass is 35.5. The van der Waals surface area contributed by atoms with Gasteiger partial charge in [-0.2, -0.15) is 0 Å². The molecule has 1 amide bonds. The van der Waals surface area contributed by atoms with Crippen LogP contribution >= 0.6 is 11.6 Å². The summed E-state index contributed by atoms with van der Waals surface area (Å²) in [5.74, 6) is 0.0475. The van der Waals surface area contributed by atoms with Crippen LogP contribution in [-0.4, -0.2) is 70.7 Å². The third-order valence-corrected chi connectivity index (χ3v) is 6.69. The molecule has 0 bridgehead atoms. The number of anilines is 1. The highest BCUT2D eigenvalue weighted by molar-refractivity contribution is 6.30. The Bertz CT molecular complexity index is 903. The van der Waals surface area contributed by atoms with Crippen LogP contribution in [0, 0.1) is 6.92 Å². The van der Waals surface area contributed by atoms with Gasteiger partial charge in [0.25, 0.3) is 5.91 Å². The highest BCUT2D eigenvalue weighted by Gasteiger charge is 2.40. The lowest BCUT2D eigenvalue weighted by molar-refractivity contribution is 0.0248. The van der Waals surface area contributed by atoms with Crippen molar-refractivity contribution in [3.8, 4) is 0 Å². The Balaban J connectivity index is 1.56. The smallest absolute Gasteiger partial charge is 0.256 e. The fourth-order valence-corrected chi connectivity index (χ4v) is 5.05. The number of fused-ring (bicyclic) bond motifs is 1. The van der Waals surface area contributed by atoms with Gasteiger partial charge in [-0.05, 0) is 43.2 Å². The van der Waals surface area contributed by atoms with E-state index in [9.17, 15) is 9.90 Å². The molecule has 2 aliphatic rings. The number of piperazine rings is 1. The Labute approximate surface area is 183 Å². The topological polar surface area (TPSA) is 52.0 Å². The van der Waals surface area contributed by atoms with Crippen molar-refractivity contribution in [3.05, 3.63) is 52.3 Å². The molecule has 2 aromatic rings. The van der Waals surface area contributed by atoms with E-state index in [0.717, 1.165) is 48.9 Å². The zero-order valence-corrected chi connectivity index (χ0v) is 18.8. The number of halogens is 1. The largest absolute Gasteiger partial charge is 0.385 e. The van der Waals surface area contributed by atoms with Gasteiger partial charge in [0.2, 0.25) is 0 Å². The number of hydrogen-bond donors (Lipinski definition) is 1. The minimum Gasteiger partial charge on any atom is -0.385 e. The first-order valence-corrected chi connectivity index (χ1v) is 11.2. The average Bonchev–Trinajstić information content (AvgIpc) is 2.98. The molecule has 1 aromatic heterocycles. The first kappa shape index (κ1) is 21.2. The summed E-state index contributed by atoms with van der Waals surface area (Å²) in [6.07, 6.45) is 2.17. The number of aliphatic hydroxyl groups is 1. The summed E-state index contributed by atoms with van der Waals surface area (Å²) in [7, 11) is 1.92. The summed E-state index contributed by atoms with van der Waals surface area (Å²) in [5, 5.41) is 12.1. The Kier molecular flexibility index (Phi) is 6.09. The van der Waals surface area contributed by atoms with Crippen LogP contribution in [0.5, 0.6) is 0 Å². The summed E-state index contributed by atoms with van der Waals surface area (Å²) in [6, 6.07) is 7.85. The third kappa shape index (κ3) is 3.84. The molecule has 2 aliphatic heterocycles. The zero-order valence-electron chi connectivity index (χ0n) is 18.0. The summed E-state index contributed by atoms with van der Waals surface area (Å²) >= 11 is 6.02. The van der Waals surface area contributed by atoms with Gasteiger partial charge in [0, 0.05) is 63.2 Å². The fourth-order valence-electron chi connectivity index (χ4n) is 4.93. The van der Waals surface area contributed by atoms with Gasteiger partial charge in [-0.3, -0.25) is 9.69 Å². The molecule has 0 spiro atoms. The minimum atomic E-state index is -0.688. The molecule has 0 saturated carbocycles. The van der Waals surface area contributed by atoms with Crippen molar-refractivity contribution in [3.63, 3.8) is 0 Å². The molecule has 2 atom stereocenters. The van der Waals surface area contributed by atoms with Crippen LogP contribution in [0.15, 0.2) is 30.5 Å². The number of carbonyl (C=O) groups is 1. The van der Waals surface area contributed by atoms with E-state index in [1.54, 1.807) is 0 Å². The second-order valence-electron chi connectivity index (χ2n) is 8.45. The standard InChI is InChI=1S/C23H31ClN4O2/c1-4-9-28-15-19(22(29)21-20(23(28)30)16(2)14-25(21)3)27-12-10-26(11-13-27)18-7-5-17(24)6-8-18/h5-8,14,19,22,29H,4,9-13,15H2,1-3H3. The first-order chi connectivity index (χ1) is 14.4. The van der Waals surface area contributed by atoms with E-state index >= 15 is 0 Å². The third-order valence-electron chi connectivity index (χ3n) is 6.44. The van der Waals surface area contributed by atoms with Gasteiger partial charge in [0.15, 0.2) is 0 Å². The van der Waals surface area contributed by atoms with Gasteiger partial charge in [0.05, 0.1) is 17.3 Å². The van der Waals surface area contributed by atoms with Crippen molar-refractivity contribution >= 4 is 23.2 Å². The van der Waals surface area contributed by atoms with Crippen molar-refractivity contribution in [2.45, 2.75) is 32.4 Å². The summed E-state index contributed by atoms with van der Waals surface area (Å²) < 4.78 is 1.93. The van der Waals surface area contributed by atoms with E-state index < -0.39 is 6.10 Å². The maximum atomic E-state index is 13.3. The van der Waals surface area contributed by atoms with Crippen LogP contribution < -0.4 is 4.90 Å². The minimum absolute atomic E-state index is 0.0475. The molecule has 1 saturated heterocycles. The normalized spacial score (nSPS) is 22.9. The van der Waals surface area contributed by atoms with Crippen molar-refractivity contribution in [1.29, 1.82) is 0 Å². The summed E-state index contributed by atoms with van der Waals surface area (Å²) in [4.78, 5) is 19.9. The van der Waals surface area contributed by atoms with Crippen molar-refractivity contribution in [2.75, 3.05) is 44.2 Å². The van der Waals surface area contributed by atoms with Crippen LogP contribution in [0.4, 0.5) is 5.69 Å². The molecule has 2 unspecified atom stereocenters. The van der Waals surface area contributed by atoms with Crippen LogP contribution in [0.2, 0.25) is 5.02 Å². The van der Waals surface area contributed by atoms with E-state index in [1.165, 1.54) is 5.69 Å². The van der Waals surface area contributed by atoms with Gasteiger partial charge < -0.3 is 19.5 Å². The highest BCUT2D eigenvalue weighted by Crippen LogP contribution is 2.33. The predicted molar refractivity (Wildman–Crippen MR) is 120 cm³/mol. The van der Waals surface area contributed by atoms with Crippen molar-refractivity contribution in [1.82, 2.24) is 14.4 Å². The fraction of sp³-hybridized carbons (Fsp3) is 0.522. The van der Waals surface area contributed by atoms with Crippen LogP contribution in [0.3, 0.4) is 0 Å². The Morgan fingerprint density at radius 1 is 1.13 bits per heavy atom. The van der Waals surface area contributed by atoms with E-state index in [1.807, 2.05) is 41.8 Å². The van der Waals surface area contributed by atoms with E-state index in [4.69, 9.17) is 11.6 Å². The summed E-state index contributed by atoms with van der Waals surface area (Å²) in [5.41, 5.74) is 3.54. The Hall–Kier alpha value is -2.02. The number of nitrogens with zero attached hydrogens (tertiary/aromatic N) is 4. The second kappa shape index (κ2) is 8.61. The monoisotopic (exact) mass is 430 g/mol. The van der Waals surface area contributed by atoms with Gasteiger partial charge in [-0.15, -0.1) is 0 Å². The zero-order chi connectivity index (χ0) is 21.4. The van der Waals surface area contributed by atoms with Gasteiger partial charge in [-0.1, -0.05) is 18.5 Å². The molecule has 0 aliphatic carbocycles. The molecule has 3 heterocycles. The van der Waals surface area contributed by atoms with E-state index in [0.29, 0.717) is 18.7 Å². The molecule has 0 radical (unpaired) electrons. The summed E-state index contributed by atoms with van der Waals surface area (Å²) in [6.45, 7) is 8.77. The quantitative estimate of drug-likeness (QED) is 0.809. The molecule has 7 heteroatoms. The predicted octanol–water partition coefficient (Wildman–Crippen LogP) is 3.08. The SMILES string of the molecule is CCCN1CC(N2CCN(c3ccc(Cl)cc3)CC2)C(O)c2c(c(C)cn2C)C1=O. The Morgan fingerprint density at radius 2 is 1.80 bits per heavy atom. The van der Waals surface area contributed by atoms with Crippen LogP contribution in [0.1, 0.15) is 41.1 Å². The number of benzene rings is 1. The van der Waals surface area contributed by atoms with E-state index in [2.05, 4.69) is 28.9 Å². The van der Waals surface area contributed by atoms with Gasteiger partial charge >= 0.3 is 0 Å². The molecular weight excluding hydrogens is 400 g/mol. The van der Waals surface area contributed by atoms with Crippen molar-refractivity contribution < 1.29 is 9.90 Å². The second-order valence-corrected chi connectivity index (χ2v) is 8.88. The molecular formula is C23H31ClN4O2. The maximum absolute atomic E-state index is 13.3. The lowest BCUT2D eigenvalue weighted by Gasteiger charge is -2.42. The van der Waals surface area contributed by atoms with E-state index in [-0.39, 0.29) is 11.9 Å².